The van der Waals surface area contributed by atoms with Gasteiger partial charge < -0.3 is 4.74 Å². The van der Waals surface area contributed by atoms with E-state index in [0.717, 1.165) is 0 Å². The van der Waals surface area contributed by atoms with Gasteiger partial charge in [0.05, 0.1) is 0 Å². The summed E-state index contributed by atoms with van der Waals surface area (Å²) in [5.41, 5.74) is 0. The van der Waals surface area contributed by atoms with Crippen LogP contribution in [0.2, 0.25) is 0 Å². The molecule has 0 aliphatic carbocycles. The van der Waals surface area contributed by atoms with Gasteiger partial charge >= 0.3 is 0 Å². The summed E-state index contributed by atoms with van der Waals surface area (Å²) in [7, 11) is 0. The van der Waals surface area contributed by atoms with Crippen LogP contribution in [0.1, 0.15) is 26.2 Å². The molecule has 0 aromatic rings. The predicted octanol–water partition coefficient (Wildman–Crippen LogP) is 0.315. The molecule has 0 radical (unpaired) electrons. The maximum Gasteiger partial charge on any atom is 0.259 e. The minimum atomic E-state index is -0.449. The summed E-state index contributed by atoms with van der Waals surface area (Å²) in [6.07, 6.45) is 6.27. The number of nitrogens with zero attached hydrogens (tertiary/aromatic N) is 1. The summed E-state index contributed by atoms with van der Waals surface area (Å²) in [5.74, 6) is 1.95. The SMILES string of the molecule is C#CC(CC)N1C(=O)C2CCC(O2)C1=O. The van der Waals surface area contributed by atoms with Crippen LogP contribution >= 0.6 is 0 Å². The highest BCUT2D eigenvalue weighted by atomic mass is 16.5. The van der Waals surface area contributed by atoms with E-state index in [-0.39, 0.29) is 11.8 Å². The number of imide groups is 1. The lowest BCUT2D eigenvalue weighted by molar-refractivity contribution is -0.170. The van der Waals surface area contributed by atoms with Gasteiger partial charge in [-0.25, -0.2) is 0 Å². The lowest BCUT2D eigenvalue weighted by Gasteiger charge is -2.33. The second-order valence-corrected chi connectivity index (χ2v) is 3.83. The molecule has 0 saturated carbocycles. The molecule has 2 amide bonds. The fraction of sp³-hybridized carbons (Fsp3) is 0.636. The average Bonchev–Trinajstić information content (AvgIpc) is 2.68. The molecule has 2 saturated heterocycles. The highest BCUT2D eigenvalue weighted by Crippen LogP contribution is 2.29. The minimum absolute atomic E-state index is 0.265. The number of rotatable bonds is 2. The molecule has 4 heteroatoms. The predicted molar refractivity (Wildman–Crippen MR) is 52.7 cm³/mol. The Morgan fingerprint density at radius 3 is 2.40 bits per heavy atom. The molecule has 2 bridgehead atoms. The number of likely N-dealkylation sites (tertiary alicyclic amines) is 1. The first-order valence-corrected chi connectivity index (χ1v) is 5.17. The summed E-state index contributed by atoms with van der Waals surface area (Å²) < 4.78 is 5.28. The second kappa shape index (κ2) is 3.67. The van der Waals surface area contributed by atoms with E-state index in [1.165, 1.54) is 4.90 Å². The largest absolute Gasteiger partial charge is 0.355 e. The maximum atomic E-state index is 11.8. The third kappa shape index (κ3) is 1.44. The van der Waals surface area contributed by atoms with Crippen molar-refractivity contribution in [2.45, 2.75) is 44.4 Å². The maximum absolute atomic E-state index is 11.8. The van der Waals surface area contributed by atoms with Crippen LogP contribution in [-0.2, 0) is 14.3 Å². The van der Waals surface area contributed by atoms with Crippen molar-refractivity contribution in [2.75, 3.05) is 0 Å². The summed E-state index contributed by atoms with van der Waals surface area (Å²) in [6.45, 7) is 1.86. The van der Waals surface area contributed by atoms with E-state index in [1.807, 2.05) is 6.92 Å². The molecule has 0 aromatic carbocycles. The number of carbonyl (C=O) groups excluding carboxylic acids is 2. The van der Waals surface area contributed by atoms with Crippen LogP contribution in [0.25, 0.3) is 0 Å². The summed E-state index contributed by atoms with van der Waals surface area (Å²) in [5, 5.41) is 0. The molecule has 2 aliphatic rings. The average molecular weight is 207 g/mol. The van der Waals surface area contributed by atoms with Gasteiger partial charge in [-0.2, -0.15) is 0 Å². The van der Waals surface area contributed by atoms with Gasteiger partial charge in [-0.05, 0) is 19.3 Å². The van der Waals surface area contributed by atoms with Crippen LogP contribution < -0.4 is 0 Å². The number of hydrogen-bond donors (Lipinski definition) is 0. The van der Waals surface area contributed by atoms with Crippen molar-refractivity contribution in [3.05, 3.63) is 0 Å². The zero-order valence-electron chi connectivity index (χ0n) is 8.60. The first-order valence-electron chi connectivity index (χ1n) is 5.17. The fourth-order valence-corrected chi connectivity index (χ4v) is 2.10. The van der Waals surface area contributed by atoms with Gasteiger partial charge in [0.1, 0.15) is 18.2 Å². The van der Waals surface area contributed by atoms with Crippen LogP contribution in [0.15, 0.2) is 0 Å². The van der Waals surface area contributed by atoms with E-state index in [1.54, 1.807) is 0 Å². The van der Waals surface area contributed by atoms with Crippen LogP contribution in [0.4, 0.5) is 0 Å². The Morgan fingerprint density at radius 2 is 2.00 bits per heavy atom. The van der Waals surface area contributed by atoms with E-state index in [9.17, 15) is 9.59 Å². The highest BCUT2D eigenvalue weighted by Gasteiger charge is 2.48. The fourth-order valence-electron chi connectivity index (χ4n) is 2.10. The molecule has 0 N–H and O–H groups in total. The van der Waals surface area contributed by atoms with Gasteiger partial charge in [0.25, 0.3) is 11.8 Å². The molecule has 4 nitrogen and oxygen atoms in total. The quantitative estimate of drug-likeness (QED) is 0.484. The molecule has 3 unspecified atom stereocenters. The molecule has 0 spiro atoms. The molecule has 2 aliphatic heterocycles. The van der Waals surface area contributed by atoms with Crippen molar-refractivity contribution in [1.82, 2.24) is 4.90 Å². The Bertz CT molecular complexity index is 322. The zero-order valence-corrected chi connectivity index (χ0v) is 8.60. The van der Waals surface area contributed by atoms with Gasteiger partial charge in [0.15, 0.2) is 0 Å². The third-order valence-corrected chi connectivity index (χ3v) is 2.94. The molecule has 3 atom stereocenters. The third-order valence-electron chi connectivity index (χ3n) is 2.94. The lowest BCUT2D eigenvalue weighted by Crippen LogP contribution is -2.55. The van der Waals surface area contributed by atoms with Crippen LogP contribution in [-0.4, -0.2) is 35.0 Å². The molecule has 80 valence electrons. The Labute approximate surface area is 88.6 Å². The second-order valence-electron chi connectivity index (χ2n) is 3.83. The monoisotopic (exact) mass is 207 g/mol. The molecule has 2 rings (SSSR count). The topological polar surface area (TPSA) is 46.6 Å². The Hall–Kier alpha value is -1.34. The molecular formula is C11H13NO3. The van der Waals surface area contributed by atoms with Crippen molar-refractivity contribution in [3.8, 4) is 12.3 Å². The molecule has 15 heavy (non-hydrogen) atoms. The van der Waals surface area contributed by atoms with Gasteiger partial charge in [-0.1, -0.05) is 12.8 Å². The first-order chi connectivity index (χ1) is 7.19. The number of carbonyl (C=O) groups is 2. The van der Waals surface area contributed by atoms with Crippen molar-refractivity contribution in [2.24, 2.45) is 0 Å². The number of fused-ring (bicyclic) bond motifs is 2. The molecule has 0 aromatic heterocycles. The van der Waals surface area contributed by atoms with E-state index < -0.39 is 18.2 Å². The zero-order chi connectivity index (χ0) is 11.0. The molecular weight excluding hydrogens is 194 g/mol. The van der Waals surface area contributed by atoms with Crippen LogP contribution in [0.3, 0.4) is 0 Å². The molecule has 2 fully saturated rings. The summed E-state index contributed by atoms with van der Waals surface area (Å²) in [4.78, 5) is 24.9. The van der Waals surface area contributed by atoms with Gasteiger partial charge in [-0.3, -0.25) is 14.5 Å². The number of terminal acetylenes is 1. The van der Waals surface area contributed by atoms with Gasteiger partial charge in [0.2, 0.25) is 0 Å². The smallest absolute Gasteiger partial charge is 0.259 e. The Kier molecular flexibility index (Phi) is 2.49. The first kappa shape index (κ1) is 10.2. The number of ether oxygens (including phenoxy) is 1. The van der Waals surface area contributed by atoms with Gasteiger partial charge in [-0.15, -0.1) is 6.42 Å². The van der Waals surface area contributed by atoms with Crippen LogP contribution in [0.5, 0.6) is 0 Å². The van der Waals surface area contributed by atoms with Gasteiger partial charge in [0, 0.05) is 0 Å². The van der Waals surface area contributed by atoms with Crippen LogP contribution in [0, 0.1) is 12.3 Å². The Morgan fingerprint density at radius 1 is 1.47 bits per heavy atom. The van der Waals surface area contributed by atoms with Crippen molar-refractivity contribution < 1.29 is 14.3 Å². The minimum Gasteiger partial charge on any atom is -0.355 e. The van der Waals surface area contributed by atoms with E-state index in [2.05, 4.69) is 5.92 Å². The number of hydrogen-bond acceptors (Lipinski definition) is 3. The summed E-state index contributed by atoms with van der Waals surface area (Å²) >= 11 is 0. The van der Waals surface area contributed by atoms with Crippen molar-refractivity contribution >= 4 is 11.8 Å². The number of morpholine rings is 1. The Balaban J connectivity index is 2.27. The summed E-state index contributed by atoms with van der Waals surface area (Å²) in [6, 6.07) is -0.419. The van der Waals surface area contributed by atoms with Crippen molar-refractivity contribution in [1.29, 1.82) is 0 Å². The van der Waals surface area contributed by atoms with Crippen molar-refractivity contribution in [3.63, 3.8) is 0 Å². The lowest BCUT2D eigenvalue weighted by atomic mass is 10.1. The number of amides is 2. The van der Waals surface area contributed by atoms with E-state index >= 15 is 0 Å². The highest BCUT2D eigenvalue weighted by molar-refractivity contribution is 6.03. The van der Waals surface area contributed by atoms with E-state index in [4.69, 9.17) is 11.2 Å². The van der Waals surface area contributed by atoms with E-state index in [0.29, 0.717) is 19.3 Å². The normalized spacial score (nSPS) is 31.6. The molecule has 2 heterocycles. The standard InChI is InChI=1S/C11H13NO3/c1-3-7(4-2)12-10(13)8-5-6-9(15-8)11(12)14/h1,7-9H,4-6H2,2H3.